The molecule has 1 aromatic carbocycles. The Morgan fingerprint density at radius 2 is 2.10 bits per heavy atom. The first-order chi connectivity index (χ1) is 15.1. The number of hydrogen-bond donors (Lipinski definition) is 1. The van der Waals surface area contributed by atoms with Gasteiger partial charge in [-0.3, -0.25) is 14.7 Å². The second kappa shape index (κ2) is 9.98. The summed E-state index contributed by atoms with van der Waals surface area (Å²) in [6.07, 6.45) is 4.04. The number of carbonyl (C=O) groups is 1. The summed E-state index contributed by atoms with van der Waals surface area (Å²) in [7, 11) is 0. The molecule has 1 saturated heterocycles. The summed E-state index contributed by atoms with van der Waals surface area (Å²) >= 11 is 5.74. The van der Waals surface area contributed by atoms with Gasteiger partial charge in [-0.1, -0.05) is 28.9 Å². The Hall–Kier alpha value is -2.84. The van der Waals surface area contributed by atoms with Crippen molar-refractivity contribution >= 4 is 17.5 Å². The van der Waals surface area contributed by atoms with Gasteiger partial charge in [0.15, 0.2) is 0 Å². The third-order valence-corrected chi connectivity index (χ3v) is 5.58. The van der Waals surface area contributed by atoms with E-state index in [1.54, 1.807) is 18.3 Å². The molecule has 162 valence electrons. The number of nitrogens with zero attached hydrogens (tertiary/aromatic N) is 4. The van der Waals surface area contributed by atoms with Gasteiger partial charge >= 0.3 is 0 Å². The summed E-state index contributed by atoms with van der Waals surface area (Å²) in [4.78, 5) is 23.1. The topological polar surface area (TPSA) is 84.1 Å². The average Bonchev–Trinajstić information content (AvgIpc) is 3.26. The maximum atomic E-state index is 13.6. The molecule has 0 aliphatic carbocycles. The highest BCUT2D eigenvalue weighted by molar-refractivity contribution is 6.30. The second-order valence-electron chi connectivity index (χ2n) is 7.59. The highest BCUT2D eigenvalue weighted by atomic mass is 35.5. The molecule has 3 aromatic rings. The van der Waals surface area contributed by atoms with Crippen LogP contribution in [0.4, 0.5) is 4.39 Å². The van der Waals surface area contributed by atoms with Gasteiger partial charge in [0, 0.05) is 44.7 Å². The van der Waals surface area contributed by atoms with Gasteiger partial charge in [-0.2, -0.15) is 4.98 Å². The highest BCUT2D eigenvalue weighted by Crippen LogP contribution is 2.19. The number of amides is 1. The third-order valence-electron chi connectivity index (χ3n) is 5.27. The molecule has 2 aromatic heterocycles. The Kier molecular flexibility index (Phi) is 6.89. The summed E-state index contributed by atoms with van der Waals surface area (Å²) < 4.78 is 18.8. The number of nitrogens with one attached hydrogen (secondary N) is 1. The molecule has 0 radical (unpaired) electrons. The molecule has 1 fully saturated rings. The molecule has 31 heavy (non-hydrogen) atoms. The van der Waals surface area contributed by atoms with Crippen LogP contribution in [0.2, 0.25) is 5.02 Å². The normalized spacial score (nSPS) is 15.2. The molecular formula is C22H23ClFN5O2. The van der Waals surface area contributed by atoms with E-state index in [1.165, 1.54) is 6.07 Å². The molecule has 4 rings (SSSR count). The highest BCUT2D eigenvalue weighted by Gasteiger charge is 2.21. The fourth-order valence-electron chi connectivity index (χ4n) is 3.61. The molecule has 7 nitrogen and oxygen atoms in total. The lowest BCUT2D eigenvalue weighted by Crippen LogP contribution is -2.44. The van der Waals surface area contributed by atoms with Crippen LogP contribution in [0.15, 0.2) is 47.1 Å². The summed E-state index contributed by atoms with van der Waals surface area (Å²) in [5, 5.41) is 7.14. The average molecular weight is 444 g/mol. The minimum absolute atomic E-state index is 0.0317. The van der Waals surface area contributed by atoms with Crippen molar-refractivity contribution in [3.05, 3.63) is 64.9 Å². The van der Waals surface area contributed by atoms with Crippen LogP contribution in [0.25, 0.3) is 11.5 Å². The SMILES string of the molecule is O=C(CCc1nc(-c2ccccn2)no1)NC1CCN(Cc2ccc(Cl)c(F)c2)CC1. The number of halogens is 2. The van der Waals surface area contributed by atoms with Crippen LogP contribution in [0.5, 0.6) is 0 Å². The molecule has 9 heteroatoms. The third kappa shape index (κ3) is 5.86. The van der Waals surface area contributed by atoms with Gasteiger partial charge in [-0.05, 0) is 42.7 Å². The summed E-state index contributed by atoms with van der Waals surface area (Å²) in [5.41, 5.74) is 1.53. The fraction of sp³-hybridized carbons (Fsp3) is 0.364. The quantitative estimate of drug-likeness (QED) is 0.600. The van der Waals surface area contributed by atoms with E-state index in [-0.39, 0.29) is 23.4 Å². The van der Waals surface area contributed by atoms with Gasteiger partial charge < -0.3 is 9.84 Å². The Morgan fingerprint density at radius 3 is 2.84 bits per heavy atom. The molecule has 0 spiro atoms. The minimum Gasteiger partial charge on any atom is -0.353 e. The number of hydrogen-bond acceptors (Lipinski definition) is 6. The zero-order chi connectivity index (χ0) is 21.6. The maximum Gasteiger partial charge on any atom is 0.227 e. The van der Waals surface area contributed by atoms with E-state index >= 15 is 0 Å². The van der Waals surface area contributed by atoms with Crippen LogP contribution in [0, 0.1) is 5.82 Å². The molecule has 1 amide bonds. The standard InChI is InChI=1S/C22H23ClFN5O2/c23-17-5-4-15(13-18(17)24)14-29-11-8-16(9-12-29)26-20(30)6-7-21-27-22(28-31-21)19-3-1-2-10-25-19/h1-5,10,13,16H,6-9,11-12,14H2,(H,26,30). The number of aromatic nitrogens is 3. The predicted octanol–water partition coefficient (Wildman–Crippen LogP) is 3.64. The van der Waals surface area contributed by atoms with Crippen LogP contribution in [-0.4, -0.2) is 45.1 Å². The molecule has 1 aliphatic heterocycles. The van der Waals surface area contributed by atoms with Crippen molar-refractivity contribution in [2.75, 3.05) is 13.1 Å². The number of carbonyl (C=O) groups excluding carboxylic acids is 1. The summed E-state index contributed by atoms with van der Waals surface area (Å²) in [6, 6.07) is 10.5. The Balaban J connectivity index is 1.19. The van der Waals surface area contributed by atoms with Gasteiger partial charge in [0.1, 0.15) is 11.5 Å². The predicted molar refractivity (Wildman–Crippen MR) is 114 cm³/mol. The molecular weight excluding hydrogens is 421 g/mol. The van der Waals surface area contributed by atoms with Crippen molar-refractivity contribution in [2.45, 2.75) is 38.3 Å². The number of pyridine rings is 1. The van der Waals surface area contributed by atoms with Gasteiger partial charge in [-0.25, -0.2) is 4.39 Å². The van der Waals surface area contributed by atoms with Crippen molar-refractivity contribution in [3.8, 4) is 11.5 Å². The van der Waals surface area contributed by atoms with Crippen LogP contribution in [0.1, 0.15) is 30.7 Å². The van der Waals surface area contributed by atoms with Crippen LogP contribution in [0.3, 0.4) is 0 Å². The number of benzene rings is 1. The van der Waals surface area contributed by atoms with E-state index in [0.717, 1.165) is 31.5 Å². The van der Waals surface area contributed by atoms with E-state index < -0.39 is 5.82 Å². The van der Waals surface area contributed by atoms with Crippen molar-refractivity contribution in [1.82, 2.24) is 25.3 Å². The first-order valence-electron chi connectivity index (χ1n) is 10.3. The molecule has 3 heterocycles. The summed E-state index contributed by atoms with van der Waals surface area (Å²) in [6.45, 7) is 2.35. The maximum absolute atomic E-state index is 13.6. The fourth-order valence-corrected chi connectivity index (χ4v) is 3.72. The smallest absolute Gasteiger partial charge is 0.227 e. The van der Waals surface area contributed by atoms with Crippen molar-refractivity contribution in [1.29, 1.82) is 0 Å². The van der Waals surface area contributed by atoms with Crippen LogP contribution < -0.4 is 5.32 Å². The zero-order valence-electron chi connectivity index (χ0n) is 16.9. The minimum atomic E-state index is -0.394. The van der Waals surface area contributed by atoms with Gasteiger partial charge in [0.2, 0.25) is 17.6 Å². The van der Waals surface area contributed by atoms with Gasteiger partial charge in [0.25, 0.3) is 0 Å². The van der Waals surface area contributed by atoms with E-state index in [1.807, 2.05) is 18.2 Å². The number of likely N-dealkylation sites (tertiary alicyclic amines) is 1. The van der Waals surface area contributed by atoms with Crippen LogP contribution in [-0.2, 0) is 17.8 Å². The first kappa shape index (κ1) is 21.4. The molecule has 0 saturated carbocycles. The number of piperidine rings is 1. The molecule has 1 N–H and O–H groups in total. The molecule has 0 atom stereocenters. The Labute approximate surface area is 184 Å². The number of aryl methyl sites for hydroxylation is 1. The van der Waals surface area contributed by atoms with E-state index in [0.29, 0.717) is 30.4 Å². The molecule has 0 unspecified atom stereocenters. The molecule has 0 bridgehead atoms. The lowest BCUT2D eigenvalue weighted by molar-refractivity contribution is -0.122. The first-order valence-corrected chi connectivity index (χ1v) is 10.6. The van der Waals surface area contributed by atoms with Crippen molar-refractivity contribution < 1.29 is 13.7 Å². The van der Waals surface area contributed by atoms with Crippen molar-refractivity contribution in [2.24, 2.45) is 0 Å². The van der Waals surface area contributed by atoms with Crippen LogP contribution >= 0.6 is 11.6 Å². The van der Waals surface area contributed by atoms with E-state index in [9.17, 15) is 9.18 Å². The Morgan fingerprint density at radius 1 is 1.26 bits per heavy atom. The summed E-state index contributed by atoms with van der Waals surface area (Å²) in [5.74, 6) is 0.412. The van der Waals surface area contributed by atoms with E-state index in [4.69, 9.17) is 16.1 Å². The molecule has 1 aliphatic rings. The van der Waals surface area contributed by atoms with E-state index in [2.05, 4.69) is 25.3 Å². The zero-order valence-corrected chi connectivity index (χ0v) is 17.7. The monoisotopic (exact) mass is 443 g/mol. The van der Waals surface area contributed by atoms with Crippen molar-refractivity contribution in [3.63, 3.8) is 0 Å². The van der Waals surface area contributed by atoms with Gasteiger partial charge in [-0.15, -0.1) is 0 Å². The van der Waals surface area contributed by atoms with Gasteiger partial charge in [0.05, 0.1) is 5.02 Å². The largest absolute Gasteiger partial charge is 0.353 e. The number of rotatable bonds is 7. The lowest BCUT2D eigenvalue weighted by atomic mass is 10.0. The second-order valence-corrected chi connectivity index (χ2v) is 8.00. The Bertz CT molecular complexity index is 1020. The lowest BCUT2D eigenvalue weighted by Gasteiger charge is -2.32.